The molecule has 2 heterocycles. The first-order chi connectivity index (χ1) is 17.7. The molecule has 1 aromatic carbocycles. The van der Waals surface area contributed by atoms with Crippen LogP contribution in [0.3, 0.4) is 0 Å². The summed E-state index contributed by atoms with van der Waals surface area (Å²) in [6, 6.07) is 6.76. The van der Waals surface area contributed by atoms with Crippen molar-refractivity contribution in [2.75, 3.05) is 51.3 Å². The van der Waals surface area contributed by atoms with Crippen LogP contribution in [0.4, 0.5) is 14.9 Å². The number of halogens is 1. The Morgan fingerprint density at radius 3 is 2.35 bits per heavy atom. The number of alkyl carbamates (subject to hydrolysis) is 1. The second-order valence-corrected chi connectivity index (χ2v) is 10.0. The molecule has 2 unspecified atom stereocenters. The SMILES string of the molecule is CCCCC1(CCC)CC(CCN2CCN(c3ccc(F)cc3)CC2)OC1=O.COC(=O)NCC(C)=O. The molecule has 2 aliphatic heterocycles. The van der Waals surface area contributed by atoms with E-state index in [1.54, 1.807) is 0 Å². The Hall–Kier alpha value is -2.68. The number of carbonyl (C=O) groups is 3. The minimum absolute atomic E-state index is 0.0344. The molecule has 2 atom stereocenters. The molecule has 0 aliphatic carbocycles. The lowest BCUT2D eigenvalue weighted by Gasteiger charge is -2.36. The average molecular weight is 522 g/mol. The summed E-state index contributed by atoms with van der Waals surface area (Å²) in [6.07, 6.45) is 6.53. The molecule has 1 N–H and O–H groups in total. The number of carbonyl (C=O) groups excluding carboxylic acids is 3. The molecule has 2 aliphatic rings. The van der Waals surface area contributed by atoms with Gasteiger partial charge in [0, 0.05) is 44.8 Å². The Balaban J connectivity index is 0.000000458. The number of nitrogens with zero attached hydrogens (tertiary/aromatic N) is 2. The maximum Gasteiger partial charge on any atom is 0.407 e. The first-order valence-corrected chi connectivity index (χ1v) is 13.5. The highest BCUT2D eigenvalue weighted by Gasteiger charge is 2.47. The van der Waals surface area contributed by atoms with Gasteiger partial charge in [0.05, 0.1) is 19.1 Å². The summed E-state index contributed by atoms with van der Waals surface area (Å²) in [4.78, 5) is 37.8. The monoisotopic (exact) mass is 521 g/mol. The van der Waals surface area contributed by atoms with Crippen molar-refractivity contribution in [3.63, 3.8) is 0 Å². The Bertz CT molecular complexity index is 858. The van der Waals surface area contributed by atoms with Gasteiger partial charge in [-0.05, 0) is 50.5 Å². The van der Waals surface area contributed by atoms with E-state index in [1.807, 2.05) is 12.1 Å². The van der Waals surface area contributed by atoms with Gasteiger partial charge in [0.1, 0.15) is 17.7 Å². The zero-order chi connectivity index (χ0) is 27.3. The third-order valence-electron chi connectivity index (χ3n) is 7.06. The standard InChI is InChI=1S/C23H35FN2O2.C5H9NO3/c1-3-5-12-23(11-4-2)18-21(28-22(23)27)10-13-25-14-16-26(17-15-25)20-8-6-19(24)7-9-20;1-4(7)3-6-5(8)9-2/h6-9,21H,3-5,10-18H2,1-2H3;3H2,1-2H3,(H,6,8). The van der Waals surface area contributed by atoms with Gasteiger partial charge in [-0.1, -0.05) is 33.1 Å². The number of methoxy groups -OCH3 is 1. The molecule has 9 heteroatoms. The Morgan fingerprint density at radius 1 is 1.11 bits per heavy atom. The first-order valence-electron chi connectivity index (χ1n) is 13.5. The van der Waals surface area contributed by atoms with Crippen LogP contribution in [0, 0.1) is 11.2 Å². The van der Waals surface area contributed by atoms with Gasteiger partial charge < -0.3 is 19.7 Å². The topological polar surface area (TPSA) is 88.2 Å². The maximum absolute atomic E-state index is 13.1. The fourth-order valence-corrected chi connectivity index (χ4v) is 5.00. The van der Waals surface area contributed by atoms with Crippen molar-refractivity contribution in [1.82, 2.24) is 10.2 Å². The largest absolute Gasteiger partial charge is 0.462 e. The minimum atomic E-state index is -0.579. The molecule has 8 nitrogen and oxygen atoms in total. The summed E-state index contributed by atoms with van der Waals surface area (Å²) in [7, 11) is 1.25. The van der Waals surface area contributed by atoms with Crippen LogP contribution >= 0.6 is 0 Å². The van der Waals surface area contributed by atoms with Gasteiger partial charge in [-0.15, -0.1) is 0 Å². The Labute approximate surface area is 220 Å². The smallest absolute Gasteiger partial charge is 0.407 e. The lowest BCUT2D eigenvalue weighted by atomic mass is 9.76. The van der Waals surface area contributed by atoms with Crippen LogP contribution in [-0.2, 0) is 19.1 Å². The van der Waals surface area contributed by atoms with Crippen LogP contribution in [0.1, 0.15) is 65.7 Å². The van der Waals surface area contributed by atoms with Gasteiger partial charge in [-0.25, -0.2) is 9.18 Å². The van der Waals surface area contributed by atoms with Crippen LogP contribution < -0.4 is 10.2 Å². The van der Waals surface area contributed by atoms with E-state index in [9.17, 15) is 18.8 Å². The number of hydrogen-bond donors (Lipinski definition) is 1. The van der Waals surface area contributed by atoms with E-state index in [2.05, 4.69) is 33.7 Å². The van der Waals surface area contributed by atoms with Crippen molar-refractivity contribution in [2.45, 2.75) is 71.8 Å². The van der Waals surface area contributed by atoms with Crippen molar-refractivity contribution in [3.05, 3.63) is 30.1 Å². The van der Waals surface area contributed by atoms with E-state index in [-0.39, 0.29) is 35.6 Å². The van der Waals surface area contributed by atoms with Crippen molar-refractivity contribution in [3.8, 4) is 0 Å². The van der Waals surface area contributed by atoms with Gasteiger partial charge in [-0.2, -0.15) is 0 Å². The number of Topliss-reactive ketones (excluding diaryl/α,β-unsaturated/α-hetero) is 1. The molecule has 2 fully saturated rings. The summed E-state index contributed by atoms with van der Waals surface area (Å²) >= 11 is 0. The number of unbranched alkanes of at least 4 members (excludes halogenated alkanes) is 1. The highest BCUT2D eigenvalue weighted by molar-refractivity contribution is 5.81. The maximum atomic E-state index is 13.1. The van der Waals surface area contributed by atoms with Gasteiger partial charge >= 0.3 is 12.1 Å². The highest BCUT2D eigenvalue weighted by Crippen LogP contribution is 2.43. The van der Waals surface area contributed by atoms with Gasteiger partial charge in [0.2, 0.25) is 0 Å². The molecule has 0 bridgehead atoms. The number of piperazine rings is 1. The van der Waals surface area contributed by atoms with Crippen LogP contribution in [0.25, 0.3) is 0 Å². The normalized spacial score (nSPS) is 21.6. The number of cyclic esters (lactones) is 1. The molecular formula is C28H44FN3O5. The molecule has 0 aromatic heterocycles. The highest BCUT2D eigenvalue weighted by atomic mass is 19.1. The zero-order valence-electron chi connectivity index (χ0n) is 22.9. The number of anilines is 1. The van der Waals surface area contributed by atoms with Crippen LogP contribution in [0.2, 0.25) is 0 Å². The van der Waals surface area contributed by atoms with Crippen molar-refractivity contribution in [2.24, 2.45) is 5.41 Å². The quantitative estimate of drug-likeness (QED) is 0.427. The minimum Gasteiger partial charge on any atom is -0.462 e. The molecule has 37 heavy (non-hydrogen) atoms. The van der Waals surface area contributed by atoms with E-state index in [1.165, 1.54) is 26.2 Å². The van der Waals surface area contributed by atoms with E-state index in [0.29, 0.717) is 0 Å². The third-order valence-corrected chi connectivity index (χ3v) is 7.06. The molecule has 0 saturated carbocycles. The molecule has 1 aromatic rings. The van der Waals surface area contributed by atoms with E-state index in [0.717, 1.165) is 83.4 Å². The summed E-state index contributed by atoms with van der Waals surface area (Å²) in [5.74, 6) is -0.235. The summed E-state index contributed by atoms with van der Waals surface area (Å²) in [5.41, 5.74) is 0.863. The molecule has 0 spiro atoms. The average Bonchev–Trinajstić information content (AvgIpc) is 3.21. The zero-order valence-corrected chi connectivity index (χ0v) is 22.9. The second kappa shape index (κ2) is 15.5. The molecule has 1 amide bonds. The van der Waals surface area contributed by atoms with Crippen LogP contribution in [0.15, 0.2) is 24.3 Å². The lowest BCUT2D eigenvalue weighted by molar-refractivity contribution is -0.149. The lowest BCUT2D eigenvalue weighted by Crippen LogP contribution is -2.47. The fraction of sp³-hybridized carbons (Fsp3) is 0.679. The Kier molecular flexibility index (Phi) is 12.8. The second-order valence-electron chi connectivity index (χ2n) is 10.0. The van der Waals surface area contributed by atoms with E-state index in [4.69, 9.17) is 4.74 Å². The number of hydrogen-bond acceptors (Lipinski definition) is 7. The summed E-state index contributed by atoms with van der Waals surface area (Å²) < 4.78 is 23.1. The number of ether oxygens (including phenoxy) is 2. The predicted octanol–water partition coefficient (Wildman–Crippen LogP) is 4.56. The Morgan fingerprint density at radius 2 is 1.78 bits per heavy atom. The number of ketones is 1. The molecule has 3 rings (SSSR count). The van der Waals surface area contributed by atoms with Crippen molar-refractivity contribution >= 4 is 23.5 Å². The van der Waals surface area contributed by atoms with Crippen molar-refractivity contribution < 1.29 is 28.2 Å². The molecule has 2 saturated heterocycles. The van der Waals surface area contributed by atoms with Gasteiger partial charge in [-0.3, -0.25) is 14.5 Å². The van der Waals surface area contributed by atoms with Crippen LogP contribution in [-0.4, -0.2) is 75.2 Å². The summed E-state index contributed by atoms with van der Waals surface area (Å²) in [6.45, 7) is 10.6. The number of esters is 1. The van der Waals surface area contributed by atoms with Gasteiger partial charge in [0.15, 0.2) is 0 Å². The number of nitrogens with one attached hydrogen (secondary N) is 1. The summed E-state index contributed by atoms with van der Waals surface area (Å²) in [5, 5.41) is 2.22. The number of rotatable bonds is 11. The molecule has 0 radical (unpaired) electrons. The predicted molar refractivity (Wildman–Crippen MR) is 142 cm³/mol. The number of amides is 1. The van der Waals surface area contributed by atoms with E-state index < -0.39 is 6.09 Å². The fourth-order valence-electron chi connectivity index (χ4n) is 5.00. The molecule has 208 valence electrons. The van der Waals surface area contributed by atoms with Crippen LogP contribution in [0.5, 0.6) is 0 Å². The number of benzene rings is 1. The molecular weight excluding hydrogens is 477 g/mol. The third kappa shape index (κ3) is 9.95. The first kappa shape index (κ1) is 30.5. The van der Waals surface area contributed by atoms with E-state index >= 15 is 0 Å². The van der Waals surface area contributed by atoms with Gasteiger partial charge in [0.25, 0.3) is 0 Å². The van der Waals surface area contributed by atoms with Crippen molar-refractivity contribution in [1.29, 1.82) is 0 Å².